The molecule has 1 amide bonds. The number of carbonyl (C=O) groups is 1. The Hall–Kier alpha value is -3.82. The van der Waals surface area contributed by atoms with E-state index in [-0.39, 0.29) is 30.9 Å². The fraction of sp³-hybridized carbons (Fsp3) is 0.280. The summed E-state index contributed by atoms with van der Waals surface area (Å²) in [5, 5.41) is 16.6. The van der Waals surface area contributed by atoms with Crippen LogP contribution >= 0.6 is 0 Å². The van der Waals surface area contributed by atoms with Crippen molar-refractivity contribution in [2.45, 2.75) is 24.5 Å². The summed E-state index contributed by atoms with van der Waals surface area (Å²) in [6, 6.07) is 18.4. The van der Waals surface area contributed by atoms with Crippen LogP contribution in [-0.2, 0) is 11.2 Å². The molecule has 0 aliphatic carbocycles. The molecule has 1 fully saturated rings. The highest BCUT2D eigenvalue weighted by atomic mass is 16.5. The van der Waals surface area contributed by atoms with Crippen molar-refractivity contribution in [3.05, 3.63) is 88.6 Å². The quantitative estimate of drug-likeness (QED) is 0.472. The molecule has 2 N–H and O–H groups in total. The number of hydrogen-bond donors (Lipinski definition) is 2. The van der Waals surface area contributed by atoms with Crippen molar-refractivity contribution in [1.82, 2.24) is 24.6 Å². The third-order valence-corrected chi connectivity index (χ3v) is 6.41. The third kappa shape index (κ3) is 3.89. The topological polar surface area (TPSA) is 113 Å². The predicted molar refractivity (Wildman–Crippen MR) is 126 cm³/mol. The first-order valence-corrected chi connectivity index (χ1v) is 11.1. The minimum absolute atomic E-state index is 0.0873. The molecule has 174 valence electrons. The van der Waals surface area contributed by atoms with Gasteiger partial charge in [0.1, 0.15) is 11.5 Å². The lowest BCUT2D eigenvalue weighted by Crippen LogP contribution is -2.58. The SMILES string of the molecule is CO[C@H]1CN(C(=O)c2ccccc2)CC[C@@]1(O)Cc1nn(-c2ccccc2)c2nc[nH]c(=O)c12. The van der Waals surface area contributed by atoms with E-state index in [1.165, 1.54) is 13.4 Å². The summed E-state index contributed by atoms with van der Waals surface area (Å²) in [5.41, 5.74) is 0.562. The number of rotatable bonds is 5. The second kappa shape index (κ2) is 8.85. The van der Waals surface area contributed by atoms with Gasteiger partial charge in [-0.25, -0.2) is 9.67 Å². The monoisotopic (exact) mass is 459 g/mol. The van der Waals surface area contributed by atoms with Crippen LogP contribution in [0.4, 0.5) is 0 Å². The van der Waals surface area contributed by atoms with Crippen LogP contribution in [0.2, 0.25) is 0 Å². The lowest BCUT2D eigenvalue weighted by Gasteiger charge is -2.43. The summed E-state index contributed by atoms with van der Waals surface area (Å²) >= 11 is 0. The van der Waals surface area contributed by atoms with E-state index in [9.17, 15) is 14.7 Å². The average Bonchev–Trinajstić information content (AvgIpc) is 3.24. The number of carbonyl (C=O) groups excluding carboxylic acids is 1. The van der Waals surface area contributed by atoms with E-state index in [0.717, 1.165) is 5.69 Å². The summed E-state index contributed by atoms with van der Waals surface area (Å²) in [6.07, 6.45) is 1.06. The zero-order chi connectivity index (χ0) is 23.7. The molecule has 0 spiro atoms. The maximum Gasteiger partial charge on any atom is 0.262 e. The molecule has 1 saturated heterocycles. The Labute approximate surface area is 195 Å². The van der Waals surface area contributed by atoms with Gasteiger partial charge in [0.05, 0.1) is 23.3 Å². The number of likely N-dealkylation sites (tertiary alicyclic amines) is 1. The minimum Gasteiger partial charge on any atom is -0.387 e. The van der Waals surface area contributed by atoms with Crippen LogP contribution in [0.1, 0.15) is 22.5 Å². The number of ether oxygens (including phenoxy) is 1. The maximum absolute atomic E-state index is 12.9. The number of nitrogens with zero attached hydrogens (tertiary/aromatic N) is 4. The van der Waals surface area contributed by atoms with Crippen LogP contribution in [0.15, 0.2) is 71.8 Å². The van der Waals surface area contributed by atoms with E-state index < -0.39 is 11.7 Å². The van der Waals surface area contributed by atoms with Crippen LogP contribution in [0.3, 0.4) is 0 Å². The number of amides is 1. The lowest BCUT2D eigenvalue weighted by atomic mass is 9.83. The molecule has 0 unspecified atom stereocenters. The van der Waals surface area contributed by atoms with Crippen LogP contribution in [-0.4, -0.2) is 67.6 Å². The van der Waals surface area contributed by atoms with Crippen molar-refractivity contribution in [2.24, 2.45) is 0 Å². The normalized spacial score (nSPS) is 20.5. The van der Waals surface area contributed by atoms with E-state index in [1.54, 1.807) is 21.7 Å². The Morgan fingerprint density at radius 2 is 1.88 bits per heavy atom. The zero-order valence-electron chi connectivity index (χ0n) is 18.7. The molecule has 1 aliphatic heterocycles. The molecule has 1 aliphatic rings. The first kappa shape index (κ1) is 22.0. The smallest absolute Gasteiger partial charge is 0.262 e. The number of methoxy groups -OCH3 is 1. The van der Waals surface area contributed by atoms with Gasteiger partial charge in [0.25, 0.3) is 11.5 Å². The first-order valence-electron chi connectivity index (χ1n) is 11.1. The fourth-order valence-electron chi connectivity index (χ4n) is 4.59. The Kier molecular flexibility index (Phi) is 5.72. The molecule has 4 aromatic rings. The van der Waals surface area contributed by atoms with Gasteiger partial charge in [0, 0.05) is 32.2 Å². The zero-order valence-corrected chi connectivity index (χ0v) is 18.7. The summed E-state index contributed by atoms with van der Waals surface area (Å²) in [5.74, 6) is -0.107. The van der Waals surface area contributed by atoms with Gasteiger partial charge >= 0.3 is 0 Å². The van der Waals surface area contributed by atoms with Crippen LogP contribution in [0.25, 0.3) is 16.7 Å². The second-order valence-corrected chi connectivity index (χ2v) is 8.50. The van der Waals surface area contributed by atoms with Gasteiger partial charge in [-0.15, -0.1) is 0 Å². The molecule has 0 bridgehead atoms. The van der Waals surface area contributed by atoms with Crippen molar-refractivity contribution in [3.63, 3.8) is 0 Å². The van der Waals surface area contributed by atoms with Crippen molar-refractivity contribution >= 4 is 16.9 Å². The highest BCUT2D eigenvalue weighted by Crippen LogP contribution is 2.31. The largest absolute Gasteiger partial charge is 0.387 e. The van der Waals surface area contributed by atoms with Gasteiger partial charge in [-0.2, -0.15) is 5.10 Å². The number of aromatic amines is 1. The number of piperidine rings is 1. The van der Waals surface area contributed by atoms with Crippen molar-refractivity contribution in [1.29, 1.82) is 0 Å². The number of nitrogens with one attached hydrogen (secondary N) is 1. The fourth-order valence-corrected chi connectivity index (χ4v) is 4.59. The van der Waals surface area contributed by atoms with Gasteiger partial charge in [0.2, 0.25) is 0 Å². The Balaban J connectivity index is 1.47. The molecule has 2 aromatic carbocycles. The van der Waals surface area contributed by atoms with Gasteiger partial charge < -0.3 is 19.7 Å². The highest BCUT2D eigenvalue weighted by molar-refractivity contribution is 5.94. The van der Waals surface area contributed by atoms with Crippen LogP contribution < -0.4 is 5.56 Å². The number of fused-ring (bicyclic) bond motifs is 1. The molecule has 0 saturated carbocycles. The molecule has 5 rings (SSSR count). The maximum atomic E-state index is 12.9. The van der Waals surface area contributed by atoms with Gasteiger partial charge in [-0.1, -0.05) is 36.4 Å². The Morgan fingerprint density at radius 3 is 2.59 bits per heavy atom. The lowest BCUT2D eigenvalue weighted by molar-refractivity contribution is -0.127. The Morgan fingerprint density at radius 1 is 1.18 bits per heavy atom. The van der Waals surface area contributed by atoms with E-state index in [4.69, 9.17) is 4.74 Å². The van der Waals surface area contributed by atoms with Gasteiger partial charge in [0.15, 0.2) is 5.65 Å². The molecular weight excluding hydrogens is 434 g/mol. The predicted octanol–water partition coefficient (Wildman–Crippen LogP) is 1.94. The van der Waals surface area contributed by atoms with E-state index in [2.05, 4.69) is 15.1 Å². The Bertz CT molecular complexity index is 1370. The van der Waals surface area contributed by atoms with Gasteiger partial charge in [-0.05, 0) is 30.7 Å². The standard InChI is InChI=1S/C25H25N5O4/c1-34-20-15-29(24(32)17-8-4-2-5-9-17)13-12-25(20,33)14-19-21-22(26-16-27-23(21)31)30(28-19)18-10-6-3-7-11-18/h2-11,16,20,33H,12-15H2,1H3,(H,26,27,31)/t20-,25+/m0/s1. The summed E-state index contributed by atoms with van der Waals surface area (Å²) in [4.78, 5) is 34.3. The number of aliphatic hydroxyl groups is 1. The van der Waals surface area contributed by atoms with Crippen molar-refractivity contribution in [2.75, 3.05) is 20.2 Å². The number of benzene rings is 2. The minimum atomic E-state index is -1.31. The number of hydrogen-bond acceptors (Lipinski definition) is 6. The molecule has 9 nitrogen and oxygen atoms in total. The van der Waals surface area contributed by atoms with Crippen molar-refractivity contribution in [3.8, 4) is 5.69 Å². The van der Waals surface area contributed by atoms with Gasteiger partial charge in [-0.3, -0.25) is 9.59 Å². The number of para-hydroxylation sites is 1. The number of aromatic nitrogens is 4. The van der Waals surface area contributed by atoms with E-state index in [1.807, 2.05) is 48.5 Å². The number of H-pyrrole nitrogens is 1. The van der Waals surface area contributed by atoms with E-state index >= 15 is 0 Å². The third-order valence-electron chi connectivity index (χ3n) is 6.41. The average molecular weight is 460 g/mol. The molecule has 9 heteroatoms. The molecule has 34 heavy (non-hydrogen) atoms. The summed E-state index contributed by atoms with van der Waals surface area (Å²) in [7, 11) is 1.52. The molecule has 2 aromatic heterocycles. The summed E-state index contributed by atoms with van der Waals surface area (Å²) < 4.78 is 7.26. The second-order valence-electron chi connectivity index (χ2n) is 8.50. The van der Waals surface area contributed by atoms with Crippen molar-refractivity contribution < 1.29 is 14.6 Å². The van der Waals surface area contributed by atoms with E-state index in [0.29, 0.717) is 28.8 Å². The molecule has 0 radical (unpaired) electrons. The highest BCUT2D eigenvalue weighted by Gasteiger charge is 2.44. The van der Waals surface area contributed by atoms with Crippen LogP contribution in [0.5, 0.6) is 0 Å². The molecular formula is C25H25N5O4. The van der Waals surface area contributed by atoms with Crippen LogP contribution in [0, 0.1) is 0 Å². The first-order chi connectivity index (χ1) is 16.5. The molecule has 2 atom stereocenters. The molecule has 3 heterocycles. The summed E-state index contributed by atoms with van der Waals surface area (Å²) in [6.45, 7) is 0.586.